The summed E-state index contributed by atoms with van der Waals surface area (Å²) in [5.74, 6) is 0. The molecule has 0 saturated heterocycles. The maximum Gasteiger partial charge on any atom is 0.150 e. The molecule has 3 aromatic rings. The molecule has 4 rings (SSSR count). The van der Waals surface area contributed by atoms with Crippen LogP contribution in [0.3, 0.4) is 0 Å². The van der Waals surface area contributed by atoms with Gasteiger partial charge < -0.3 is 0 Å². The zero-order chi connectivity index (χ0) is 14.4. The van der Waals surface area contributed by atoms with Gasteiger partial charge in [-0.3, -0.25) is 0 Å². The molecule has 0 radical (unpaired) electrons. The molecule has 4 heteroatoms. The Bertz CT molecular complexity index is 838. The van der Waals surface area contributed by atoms with Gasteiger partial charge in [-0.05, 0) is 49.3 Å². The first-order chi connectivity index (χ1) is 10.2. The van der Waals surface area contributed by atoms with E-state index in [0.717, 1.165) is 10.2 Å². The first-order valence-corrected chi connectivity index (χ1v) is 8.45. The quantitative estimate of drug-likeness (QED) is 0.577. The van der Waals surface area contributed by atoms with Crippen LogP contribution in [0.1, 0.15) is 28.8 Å². The molecule has 21 heavy (non-hydrogen) atoms. The Hall–Kier alpha value is -1.45. The average molecular weight is 315 g/mol. The van der Waals surface area contributed by atoms with E-state index in [2.05, 4.69) is 35.1 Å². The minimum Gasteiger partial charge on any atom is -0.235 e. The SMILES string of the molecule is Cc1sc2c(Cl)ncnc2c1-c1ccc2c(c1)CCCC2. The lowest BCUT2D eigenvalue weighted by atomic mass is 9.89. The molecule has 0 atom stereocenters. The molecule has 2 nitrogen and oxygen atoms in total. The van der Waals surface area contributed by atoms with Gasteiger partial charge in [0, 0.05) is 10.4 Å². The highest BCUT2D eigenvalue weighted by Crippen LogP contribution is 2.40. The Morgan fingerprint density at radius 1 is 1.10 bits per heavy atom. The van der Waals surface area contributed by atoms with Gasteiger partial charge in [0.2, 0.25) is 0 Å². The van der Waals surface area contributed by atoms with Crippen LogP contribution >= 0.6 is 22.9 Å². The molecule has 0 fully saturated rings. The monoisotopic (exact) mass is 314 g/mol. The minimum absolute atomic E-state index is 0.553. The fourth-order valence-corrected chi connectivity index (χ4v) is 4.48. The van der Waals surface area contributed by atoms with Gasteiger partial charge >= 0.3 is 0 Å². The van der Waals surface area contributed by atoms with Crippen LogP contribution in [0, 0.1) is 6.92 Å². The van der Waals surface area contributed by atoms with Crippen molar-refractivity contribution in [2.75, 3.05) is 0 Å². The van der Waals surface area contributed by atoms with Crippen molar-refractivity contribution in [1.29, 1.82) is 0 Å². The van der Waals surface area contributed by atoms with E-state index in [0.29, 0.717) is 5.15 Å². The summed E-state index contributed by atoms with van der Waals surface area (Å²) in [7, 11) is 0. The highest BCUT2D eigenvalue weighted by Gasteiger charge is 2.17. The Morgan fingerprint density at radius 3 is 2.76 bits per heavy atom. The summed E-state index contributed by atoms with van der Waals surface area (Å²) in [5, 5.41) is 0.553. The molecule has 1 aliphatic rings. The summed E-state index contributed by atoms with van der Waals surface area (Å²) in [4.78, 5) is 9.81. The number of hydrogen-bond acceptors (Lipinski definition) is 3. The standard InChI is InChI=1S/C17H15ClN2S/c1-10-14(15-16(21-10)17(18)20-9-19-15)13-7-6-11-4-2-3-5-12(11)8-13/h6-9H,2-5H2,1H3. The maximum atomic E-state index is 6.20. The van der Waals surface area contributed by atoms with Gasteiger partial charge in [0.15, 0.2) is 0 Å². The van der Waals surface area contributed by atoms with Crippen LogP contribution in [0.25, 0.3) is 21.3 Å². The van der Waals surface area contributed by atoms with Crippen LogP contribution in [0.4, 0.5) is 0 Å². The van der Waals surface area contributed by atoms with Crippen LogP contribution in [0.5, 0.6) is 0 Å². The molecule has 1 aliphatic carbocycles. The zero-order valence-electron chi connectivity index (χ0n) is 11.8. The predicted molar refractivity (Wildman–Crippen MR) is 89.2 cm³/mol. The van der Waals surface area contributed by atoms with Gasteiger partial charge in [-0.25, -0.2) is 9.97 Å². The molecule has 0 spiro atoms. The second kappa shape index (κ2) is 5.08. The topological polar surface area (TPSA) is 25.8 Å². The summed E-state index contributed by atoms with van der Waals surface area (Å²) < 4.78 is 0.990. The first kappa shape index (κ1) is 13.2. The summed E-state index contributed by atoms with van der Waals surface area (Å²) >= 11 is 7.89. The Kier molecular flexibility index (Phi) is 3.20. The van der Waals surface area contributed by atoms with Gasteiger partial charge in [0.1, 0.15) is 11.5 Å². The number of fused-ring (bicyclic) bond motifs is 2. The second-order valence-electron chi connectivity index (χ2n) is 5.57. The summed E-state index contributed by atoms with van der Waals surface area (Å²) in [6, 6.07) is 6.86. The molecule has 1 aromatic carbocycles. The van der Waals surface area contributed by atoms with Crippen molar-refractivity contribution in [1.82, 2.24) is 9.97 Å². The van der Waals surface area contributed by atoms with Crippen molar-refractivity contribution in [2.24, 2.45) is 0 Å². The van der Waals surface area contributed by atoms with Crippen LogP contribution in [-0.2, 0) is 12.8 Å². The molecule has 0 bridgehead atoms. The van der Waals surface area contributed by atoms with E-state index in [4.69, 9.17) is 11.6 Å². The van der Waals surface area contributed by atoms with Gasteiger partial charge in [-0.2, -0.15) is 0 Å². The average Bonchev–Trinajstić information content (AvgIpc) is 2.84. The lowest BCUT2D eigenvalue weighted by Crippen LogP contribution is -2.02. The molecule has 0 unspecified atom stereocenters. The summed E-state index contributed by atoms with van der Waals surface area (Å²) in [6.07, 6.45) is 6.58. The van der Waals surface area contributed by atoms with Crippen LogP contribution < -0.4 is 0 Å². The van der Waals surface area contributed by atoms with Crippen LogP contribution in [0.15, 0.2) is 24.5 Å². The van der Waals surface area contributed by atoms with E-state index in [1.54, 1.807) is 17.7 Å². The number of aromatic nitrogens is 2. The van der Waals surface area contributed by atoms with E-state index in [1.807, 2.05) is 0 Å². The van der Waals surface area contributed by atoms with Crippen molar-refractivity contribution in [3.63, 3.8) is 0 Å². The van der Waals surface area contributed by atoms with E-state index in [1.165, 1.54) is 52.8 Å². The van der Waals surface area contributed by atoms with Gasteiger partial charge in [-0.15, -0.1) is 11.3 Å². The molecule has 0 aliphatic heterocycles. The van der Waals surface area contributed by atoms with E-state index >= 15 is 0 Å². The van der Waals surface area contributed by atoms with E-state index < -0.39 is 0 Å². The molecule has 0 amide bonds. The lowest BCUT2D eigenvalue weighted by molar-refractivity contribution is 0.686. The lowest BCUT2D eigenvalue weighted by Gasteiger charge is -2.16. The third-order valence-corrected chi connectivity index (χ3v) is 5.74. The number of thiophene rings is 1. The normalized spacial score (nSPS) is 14.4. The largest absolute Gasteiger partial charge is 0.235 e. The number of hydrogen-bond donors (Lipinski definition) is 0. The van der Waals surface area contributed by atoms with Crippen LogP contribution in [-0.4, -0.2) is 9.97 Å². The third kappa shape index (κ3) is 2.16. The molecule has 2 heterocycles. The number of nitrogens with zero attached hydrogens (tertiary/aromatic N) is 2. The third-order valence-electron chi connectivity index (χ3n) is 4.24. The van der Waals surface area contributed by atoms with Crippen molar-refractivity contribution < 1.29 is 0 Å². The number of benzene rings is 1. The molecule has 0 N–H and O–H groups in total. The van der Waals surface area contributed by atoms with E-state index in [9.17, 15) is 0 Å². The fraction of sp³-hybridized carbons (Fsp3) is 0.294. The fourth-order valence-electron chi connectivity index (χ4n) is 3.22. The highest BCUT2D eigenvalue weighted by molar-refractivity contribution is 7.20. The zero-order valence-corrected chi connectivity index (χ0v) is 13.4. The second-order valence-corrected chi connectivity index (χ2v) is 7.15. The van der Waals surface area contributed by atoms with Gasteiger partial charge in [0.05, 0.1) is 10.2 Å². The summed E-state index contributed by atoms with van der Waals surface area (Å²) in [5.41, 5.74) is 6.46. The van der Waals surface area contributed by atoms with Gasteiger partial charge in [-0.1, -0.05) is 29.8 Å². The number of aryl methyl sites for hydroxylation is 3. The Labute approximate surface area is 132 Å². The Morgan fingerprint density at radius 2 is 1.90 bits per heavy atom. The molecular formula is C17H15ClN2S. The summed E-state index contributed by atoms with van der Waals surface area (Å²) in [6.45, 7) is 2.14. The minimum atomic E-state index is 0.553. The smallest absolute Gasteiger partial charge is 0.150 e. The van der Waals surface area contributed by atoms with Crippen molar-refractivity contribution in [3.05, 3.63) is 45.7 Å². The van der Waals surface area contributed by atoms with Gasteiger partial charge in [0.25, 0.3) is 0 Å². The number of rotatable bonds is 1. The Balaban J connectivity index is 1.94. The molecular weight excluding hydrogens is 300 g/mol. The predicted octanol–water partition coefficient (Wildman–Crippen LogP) is 5.20. The highest BCUT2D eigenvalue weighted by atomic mass is 35.5. The molecule has 106 valence electrons. The van der Waals surface area contributed by atoms with Crippen LogP contribution in [0.2, 0.25) is 5.15 Å². The maximum absolute atomic E-state index is 6.20. The number of halogens is 1. The first-order valence-electron chi connectivity index (χ1n) is 7.26. The van der Waals surface area contributed by atoms with Crippen molar-refractivity contribution >= 4 is 33.2 Å². The molecule has 0 saturated carbocycles. The molecule has 2 aromatic heterocycles. The van der Waals surface area contributed by atoms with Crippen molar-refractivity contribution in [3.8, 4) is 11.1 Å². The van der Waals surface area contributed by atoms with Crippen molar-refractivity contribution in [2.45, 2.75) is 32.6 Å². The van der Waals surface area contributed by atoms with E-state index in [-0.39, 0.29) is 0 Å².